The van der Waals surface area contributed by atoms with E-state index in [0.29, 0.717) is 0 Å². The van der Waals surface area contributed by atoms with Crippen molar-refractivity contribution in [3.05, 3.63) is 101 Å². The molecule has 1 nitrogen and oxygen atoms in total. The minimum atomic E-state index is -0.983. The molecule has 0 radical (unpaired) electrons. The van der Waals surface area contributed by atoms with E-state index in [1.165, 1.54) is 11.1 Å². The number of fused-ring (bicyclic) bond motifs is 2. The van der Waals surface area contributed by atoms with Gasteiger partial charge in [0, 0.05) is 11.5 Å². The fourth-order valence-electron chi connectivity index (χ4n) is 4.43. The van der Waals surface area contributed by atoms with Gasteiger partial charge in [0.1, 0.15) is 5.75 Å². The number of alkyl halides is 2. The van der Waals surface area contributed by atoms with Gasteiger partial charge in [-0.3, -0.25) is 0 Å². The molecule has 0 spiro atoms. The summed E-state index contributed by atoms with van der Waals surface area (Å²) < 4.78 is 5.52. The van der Waals surface area contributed by atoms with Gasteiger partial charge < -0.3 is 4.74 Å². The SMILES string of the molecule is Cc1ccc([C@@H]2c3ccccc3O[C@]3(c4ccccc4)[C@@H]2C3(Cl)Cl)cc1. The topological polar surface area (TPSA) is 9.23 Å². The van der Waals surface area contributed by atoms with Gasteiger partial charge in [-0.15, -0.1) is 0 Å². The van der Waals surface area contributed by atoms with Crippen molar-refractivity contribution in [2.75, 3.05) is 0 Å². The minimum absolute atomic E-state index is 0.0432. The van der Waals surface area contributed by atoms with Crippen LogP contribution in [-0.2, 0) is 5.60 Å². The maximum Gasteiger partial charge on any atom is 0.174 e. The molecule has 130 valence electrons. The van der Waals surface area contributed by atoms with E-state index in [1.807, 2.05) is 36.4 Å². The van der Waals surface area contributed by atoms with Gasteiger partial charge in [0.05, 0.1) is 5.92 Å². The Bertz CT molecular complexity index is 965. The molecule has 5 rings (SSSR count). The lowest BCUT2D eigenvalue weighted by Crippen LogP contribution is -2.28. The smallest absolute Gasteiger partial charge is 0.174 e. The molecule has 3 atom stereocenters. The molecule has 0 unspecified atom stereocenters. The molecular weight excluding hydrogens is 363 g/mol. The second kappa shape index (κ2) is 5.52. The summed E-state index contributed by atoms with van der Waals surface area (Å²) in [6.07, 6.45) is 0. The Morgan fingerprint density at radius 3 is 2.19 bits per heavy atom. The monoisotopic (exact) mass is 380 g/mol. The number of halogens is 2. The van der Waals surface area contributed by atoms with Gasteiger partial charge in [0.15, 0.2) is 9.93 Å². The first-order valence-corrected chi connectivity index (χ1v) is 9.59. The number of aryl methyl sites for hydroxylation is 1. The van der Waals surface area contributed by atoms with E-state index in [-0.39, 0.29) is 11.8 Å². The Hall–Kier alpha value is -1.96. The number of ether oxygens (including phenoxy) is 1. The van der Waals surface area contributed by atoms with E-state index < -0.39 is 9.93 Å². The zero-order chi connectivity index (χ0) is 17.9. The average molecular weight is 381 g/mol. The molecule has 3 heteroatoms. The first-order chi connectivity index (χ1) is 12.6. The third-order valence-corrected chi connectivity index (χ3v) is 6.77. The highest BCUT2D eigenvalue weighted by Crippen LogP contribution is 2.77. The van der Waals surface area contributed by atoms with Crippen LogP contribution in [0.4, 0.5) is 0 Å². The van der Waals surface area contributed by atoms with Crippen LogP contribution in [0.1, 0.15) is 28.2 Å². The Kier molecular flexibility index (Phi) is 3.44. The van der Waals surface area contributed by atoms with Gasteiger partial charge in [-0.25, -0.2) is 0 Å². The lowest BCUT2D eigenvalue weighted by atomic mass is 9.82. The molecule has 0 saturated heterocycles. The summed E-state index contributed by atoms with van der Waals surface area (Å²) in [6.45, 7) is 2.10. The van der Waals surface area contributed by atoms with Crippen molar-refractivity contribution in [3.63, 3.8) is 0 Å². The number of para-hydroxylation sites is 1. The van der Waals surface area contributed by atoms with Crippen LogP contribution < -0.4 is 4.74 Å². The summed E-state index contributed by atoms with van der Waals surface area (Å²) in [7, 11) is 0. The van der Waals surface area contributed by atoms with Gasteiger partial charge >= 0.3 is 0 Å². The predicted molar refractivity (Wildman–Crippen MR) is 106 cm³/mol. The Morgan fingerprint density at radius 1 is 0.808 bits per heavy atom. The number of rotatable bonds is 2. The van der Waals surface area contributed by atoms with E-state index in [2.05, 4.69) is 49.4 Å². The summed E-state index contributed by atoms with van der Waals surface area (Å²) in [4.78, 5) is 0. The molecule has 1 heterocycles. The van der Waals surface area contributed by atoms with Crippen LogP contribution in [0.25, 0.3) is 0 Å². The first kappa shape index (κ1) is 16.2. The van der Waals surface area contributed by atoms with Crippen LogP contribution in [0.3, 0.4) is 0 Å². The highest BCUT2D eigenvalue weighted by Gasteiger charge is 2.83. The maximum absolute atomic E-state index is 6.91. The van der Waals surface area contributed by atoms with E-state index in [4.69, 9.17) is 27.9 Å². The van der Waals surface area contributed by atoms with Crippen molar-refractivity contribution in [3.8, 4) is 5.75 Å². The van der Waals surface area contributed by atoms with Crippen LogP contribution in [0.5, 0.6) is 5.75 Å². The highest BCUT2D eigenvalue weighted by molar-refractivity contribution is 6.52. The molecule has 0 aromatic heterocycles. The minimum Gasteiger partial charge on any atom is -0.479 e. The van der Waals surface area contributed by atoms with E-state index in [1.54, 1.807) is 0 Å². The quantitative estimate of drug-likeness (QED) is 0.479. The third kappa shape index (κ3) is 2.05. The second-order valence-corrected chi connectivity index (χ2v) is 8.62. The Labute approximate surface area is 163 Å². The molecule has 0 bridgehead atoms. The molecule has 1 fully saturated rings. The van der Waals surface area contributed by atoms with Crippen molar-refractivity contribution in [1.82, 2.24) is 0 Å². The van der Waals surface area contributed by atoms with Crippen LogP contribution in [-0.4, -0.2) is 4.33 Å². The standard InChI is InChI=1S/C23H18Cl2O/c1-15-11-13-16(14-12-15)20-18-9-5-6-10-19(18)26-22(21(20)23(22,24)25)17-7-3-2-4-8-17/h2-14,20-21H,1H3/t20-,21-,22-/m1/s1. The van der Waals surface area contributed by atoms with Crippen LogP contribution in [0, 0.1) is 12.8 Å². The molecule has 2 aliphatic rings. The van der Waals surface area contributed by atoms with E-state index in [0.717, 1.165) is 16.9 Å². The van der Waals surface area contributed by atoms with Crippen LogP contribution in [0.15, 0.2) is 78.9 Å². The Balaban J connectivity index is 1.73. The van der Waals surface area contributed by atoms with Gasteiger partial charge in [0.25, 0.3) is 0 Å². The van der Waals surface area contributed by atoms with Gasteiger partial charge in [0.2, 0.25) is 0 Å². The van der Waals surface area contributed by atoms with Crippen molar-refractivity contribution in [2.24, 2.45) is 5.92 Å². The van der Waals surface area contributed by atoms with Crippen LogP contribution in [0.2, 0.25) is 0 Å². The highest BCUT2D eigenvalue weighted by atomic mass is 35.5. The molecule has 0 amide bonds. The largest absolute Gasteiger partial charge is 0.479 e. The lowest BCUT2D eigenvalue weighted by Gasteiger charge is -2.31. The fraction of sp³-hybridized carbons (Fsp3) is 0.217. The Morgan fingerprint density at radius 2 is 1.46 bits per heavy atom. The molecule has 3 aromatic rings. The van der Waals surface area contributed by atoms with Gasteiger partial charge in [-0.1, -0.05) is 102 Å². The van der Waals surface area contributed by atoms with Gasteiger partial charge in [-0.2, -0.15) is 0 Å². The van der Waals surface area contributed by atoms with E-state index >= 15 is 0 Å². The summed E-state index contributed by atoms with van der Waals surface area (Å²) >= 11 is 13.8. The summed E-state index contributed by atoms with van der Waals surface area (Å²) in [5.74, 6) is 0.912. The number of benzene rings is 3. The summed E-state index contributed by atoms with van der Waals surface area (Å²) in [5.41, 5.74) is 3.92. The average Bonchev–Trinajstić information content (AvgIpc) is 3.17. The van der Waals surface area contributed by atoms with Crippen molar-refractivity contribution < 1.29 is 4.74 Å². The summed E-state index contributed by atoms with van der Waals surface area (Å²) in [5, 5.41) is 0. The molecule has 1 saturated carbocycles. The van der Waals surface area contributed by atoms with E-state index in [9.17, 15) is 0 Å². The number of hydrogen-bond acceptors (Lipinski definition) is 1. The molecule has 1 aliphatic heterocycles. The first-order valence-electron chi connectivity index (χ1n) is 8.83. The fourth-order valence-corrected chi connectivity index (χ4v) is 5.41. The van der Waals surface area contributed by atoms with Crippen molar-refractivity contribution in [2.45, 2.75) is 22.8 Å². The third-order valence-electron chi connectivity index (χ3n) is 5.74. The van der Waals surface area contributed by atoms with Crippen molar-refractivity contribution >= 4 is 23.2 Å². The molecule has 0 N–H and O–H groups in total. The van der Waals surface area contributed by atoms with Crippen molar-refractivity contribution in [1.29, 1.82) is 0 Å². The molecule has 3 aromatic carbocycles. The van der Waals surface area contributed by atoms with Gasteiger partial charge in [-0.05, 0) is 24.1 Å². The van der Waals surface area contributed by atoms with Crippen LogP contribution >= 0.6 is 23.2 Å². The number of hydrogen-bond donors (Lipinski definition) is 0. The maximum atomic E-state index is 6.91. The zero-order valence-electron chi connectivity index (χ0n) is 14.3. The molecule has 26 heavy (non-hydrogen) atoms. The molecular formula is C23H18Cl2O. The normalized spacial score (nSPS) is 27.8. The lowest BCUT2D eigenvalue weighted by molar-refractivity contribution is 0.137. The predicted octanol–water partition coefficient (Wildman–Crippen LogP) is 6.22. The zero-order valence-corrected chi connectivity index (χ0v) is 15.8. The molecule has 1 aliphatic carbocycles. The second-order valence-electron chi connectivity index (χ2n) is 7.23. The summed E-state index contributed by atoms with van der Waals surface area (Å²) in [6, 6.07) is 26.9.